The van der Waals surface area contributed by atoms with Crippen molar-refractivity contribution >= 4 is 29.0 Å². The number of hydrogen-bond acceptors (Lipinski definition) is 2. The van der Waals surface area contributed by atoms with Crippen LogP contribution in [0.15, 0.2) is 24.3 Å². The molecule has 19 heavy (non-hydrogen) atoms. The van der Waals surface area contributed by atoms with Gasteiger partial charge in [0.2, 0.25) is 0 Å². The lowest BCUT2D eigenvalue weighted by molar-refractivity contribution is 0.0983. The number of aromatic nitrogens is 2. The summed E-state index contributed by atoms with van der Waals surface area (Å²) in [5, 5.41) is 5.40. The molecule has 1 aromatic heterocycles. The highest BCUT2D eigenvalue weighted by Gasteiger charge is 2.15. The summed E-state index contributed by atoms with van der Waals surface area (Å²) in [5.41, 5.74) is 2.18. The molecule has 0 fully saturated rings. The Morgan fingerprint density at radius 3 is 2.74 bits per heavy atom. The molecule has 0 bridgehead atoms. The summed E-state index contributed by atoms with van der Waals surface area (Å²) < 4.78 is 1.70. The van der Waals surface area contributed by atoms with Gasteiger partial charge in [0, 0.05) is 23.0 Å². The van der Waals surface area contributed by atoms with Crippen molar-refractivity contribution in [2.24, 2.45) is 0 Å². The first kappa shape index (κ1) is 14.1. The fourth-order valence-corrected chi connectivity index (χ4v) is 2.33. The number of hydrogen-bond donors (Lipinski definition) is 0. The smallest absolute Gasteiger partial charge is 0.185 e. The molecule has 0 saturated heterocycles. The highest BCUT2D eigenvalue weighted by Crippen LogP contribution is 2.22. The van der Waals surface area contributed by atoms with Crippen LogP contribution in [0.1, 0.15) is 28.7 Å². The molecule has 0 aliphatic heterocycles. The molecule has 5 heteroatoms. The Bertz CT molecular complexity index is 620. The van der Waals surface area contributed by atoms with E-state index < -0.39 is 0 Å². The maximum Gasteiger partial charge on any atom is 0.185 e. The van der Waals surface area contributed by atoms with Gasteiger partial charge in [0.25, 0.3) is 0 Å². The summed E-state index contributed by atoms with van der Waals surface area (Å²) in [6.45, 7) is 4.49. The summed E-state index contributed by atoms with van der Waals surface area (Å²) in [6, 6.07) is 6.93. The van der Waals surface area contributed by atoms with E-state index in [1.54, 1.807) is 28.9 Å². The van der Waals surface area contributed by atoms with Gasteiger partial charge in [0.05, 0.1) is 5.69 Å². The first-order chi connectivity index (χ1) is 9.01. The number of carbonyl (C=O) groups is 1. The normalized spacial score (nSPS) is 10.7. The zero-order valence-electron chi connectivity index (χ0n) is 10.8. The Morgan fingerprint density at radius 2 is 2.05 bits per heavy atom. The molecular weight excluding hydrogens is 283 g/mol. The van der Waals surface area contributed by atoms with Gasteiger partial charge < -0.3 is 0 Å². The third kappa shape index (κ3) is 3.17. The third-order valence-electron chi connectivity index (χ3n) is 2.85. The lowest BCUT2D eigenvalue weighted by atomic mass is 10.1. The summed E-state index contributed by atoms with van der Waals surface area (Å²) in [7, 11) is 0. The summed E-state index contributed by atoms with van der Waals surface area (Å²) in [4.78, 5) is 12.3. The van der Waals surface area contributed by atoms with Gasteiger partial charge in [-0.1, -0.05) is 23.2 Å². The number of Topliss-reactive ketones (excluding diaryl/α,β-unsaturated/α-hetero) is 1. The van der Waals surface area contributed by atoms with E-state index in [0.717, 1.165) is 11.3 Å². The molecule has 0 atom stereocenters. The number of nitrogens with zero attached hydrogens (tertiary/aromatic N) is 2. The molecule has 0 spiro atoms. The van der Waals surface area contributed by atoms with Gasteiger partial charge in [0.1, 0.15) is 5.69 Å². The van der Waals surface area contributed by atoms with E-state index in [-0.39, 0.29) is 12.2 Å². The van der Waals surface area contributed by atoms with Crippen molar-refractivity contribution in [1.29, 1.82) is 0 Å². The minimum atomic E-state index is -0.00776. The maximum atomic E-state index is 12.3. The molecule has 3 nitrogen and oxygen atoms in total. The quantitative estimate of drug-likeness (QED) is 0.801. The second-order valence-electron chi connectivity index (χ2n) is 4.32. The monoisotopic (exact) mass is 296 g/mol. The van der Waals surface area contributed by atoms with E-state index in [4.69, 9.17) is 23.2 Å². The molecule has 2 aromatic rings. The van der Waals surface area contributed by atoms with Crippen LogP contribution in [0.2, 0.25) is 10.0 Å². The fourth-order valence-electron chi connectivity index (χ4n) is 1.95. The van der Waals surface area contributed by atoms with E-state index in [0.29, 0.717) is 22.3 Å². The van der Waals surface area contributed by atoms with Crippen LogP contribution in [-0.4, -0.2) is 15.6 Å². The van der Waals surface area contributed by atoms with Gasteiger partial charge in [-0.05, 0) is 43.7 Å². The highest BCUT2D eigenvalue weighted by molar-refractivity contribution is 6.33. The average Bonchev–Trinajstić information content (AvgIpc) is 2.75. The number of benzene rings is 1. The number of halogens is 2. The number of rotatable bonds is 4. The summed E-state index contributed by atoms with van der Waals surface area (Å²) in [6.07, 6.45) is 0.227. The SMILES string of the molecule is CCn1nc(C)cc1C(=O)Cc1cc(Cl)ccc1Cl. The van der Waals surface area contributed by atoms with Crippen molar-refractivity contribution in [2.45, 2.75) is 26.8 Å². The molecule has 0 N–H and O–H groups in total. The van der Waals surface area contributed by atoms with Crippen LogP contribution in [-0.2, 0) is 13.0 Å². The van der Waals surface area contributed by atoms with Gasteiger partial charge >= 0.3 is 0 Å². The van der Waals surface area contributed by atoms with Gasteiger partial charge in [-0.3, -0.25) is 9.48 Å². The van der Waals surface area contributed by atoms with E-state index >= 15 is 0 Å². The molecule has 0 amide bonds. The van der Waals surface area contributed by atoms with Crippen molar-refractivity contribution in [3.63, 3.8) is 0 Å². The van der Waals surface area contributed by atoms with Crippen LogP contribution in [0.4, 0.5) is 0 Å². The first-order valence-electron chi connectivity index (χ1n) is 6.03. The lowest BCUT2D eigenvalue weighted by Crippen LogP contribution is -2.12. The Hall–Kier alpha value is -1.32. The van der Waals surface area contributed by atoms with E-state index in [1.165, 1.54) is 0 Å². The van der Waals surface area contributed by atoms with Crippen LogP contribution in [0.5, 0.6) is 0 Å². The van der Waals surface area contributed by atoms with Crippen LogP contribution in [0, 0.1) is 6.92 Å². The topological polar surface area (TPSA) is 34.9 Å². The zero-order valence-corrected chi connectivity index (χ0v) is 12.3. The molecule has 100 valence electrons. The molecule has 0 aliphatic rings. The molecule has 2 rings (SSSR count). The standard InChI is InChI=1S/C14H14Cl2N2O/c1-3-18-13(6-9(2)17-18)14(19)8-10-7-11(15)4-5-12(10)16/h4-7H,3,8H2,1-2H3. The third-order valence-corrected chi connectivity index (χ3v) is 3.45. The Labute approximate surface area is 122 Å². The highest BCUT2D eigenvalue weighted by atomic mass is 35.5. The lowest BCUT2D eigenvalue weighted by Gasteiger charge is -2.06. The van der Waals surface area contributed by atoms with E-state index in [9.17, 15) is 4.79 Å². The molecule has 0 radical (unpaired) electrons. The molecule has 0 aliphatic carbocycles. The second-order valence-corrected chi connectivity index (χ2v) is 5.17. The van der Waals surface area contributed by atoms with Gasteiger partial charge in [-0.15, -0.1) is 0 Å². The number of aryl methyl sites for hydroxylation is 2. The van der Waals surface area contributed by atoms with Crippen molar-refractivity contribution in [3.05, 3.63) is 51.3 Å². The van der Waals surface area contributed by atoms with Gasteiger partial charge in [-0.2, -0.15) is 5.10 Å². The minimum Gasteiger partial charge on any atom is -0.292 e. The summed E-state index contributed by atoms with van der Waals surface area (Å²) >= 11 is 12.0. The maximum absolute atomic E-state index is 12.3. The van der Waals surface area contributed by atoms with Crippen LogP contribution >= 0.6 is 23.2 Å². The predicted molar refractivity (Wildman–Crippen MR) is 77.1 cm³/mol. The Morgan fingerprint density at radius 1 is 1.32 bits per heavy atom. The van der Waals surface area contributed by atoms with Crippen molar-refractivity contribution in [1.82, 2.24) is 9.78 Å². The molecule has 0 saturated carbocycles. The number of ketones is 1. The molecular formula is C14H14Cl2N2O. The molecule has 0 unspecified atom stereocenters. The first-order valence-corrected chi connectivity index (χ1v) is 6.78. The molecule has 1 heterocycles. The van der Waals surface area contributed by atoms with Crippen LogP contribution in [0.25, 0.3) is 0 Å². The largest absolute Gasteiger partial charge is 0.292 e. The van der Waals surface area contributed by atoms with E-state index in [1.807, 2.05) is 13.8 Å². The van der Waals surface area contributed by atoms with Crippen molar-refractivity contribution < 1.29 is 4.79 Å². The van der Waals surface area contributed by atoms with Crippen LogP contribution in [0.3, 0.4) is 0 Å². The fraction of sp³-hybridized carbons (Fsp3) is 0.286. The number of carbonyl (C=O) groups excluding carboxylic acids is 1. The second kappa shape index (κ2) is 5.76. The van der Waals surface area contributed by atoms with Crippen LogP contribution < -0.4 is 0 Å². The summed E-state index contributed by atoms with van der Waals surface area (Å²) in [5.74, 6) is -0.00776. The van der Waals surface area contributed by atoms with Gasteiger partial charge in [0.15, 0.2) is 5.78 Å². The average molecular weight is 297 g/mol. The van der Waals surface area contributed by atoms with E-state index in [2.05, 4.69) is 5.10 Å². The predicted octanol–water partition coefficient (Wildman–Crippen LogP) is 3.94. The minimum absolute atomic E-state index is 0.00776. The Balaban J connectivity index is 2.27. The zero-order chi connectivity index (χ0) is 14.0. The molecule has 1 aromatic carbocycles. The van der Waals surface area contributed by atoms with Crippen molar-refractivity contribution in [3.8, 4) is 0 Å². The Kier molecular flexibility index (Phi) is 4.27. The van der Waals surface area contributed by atoms with Crippen molar-refractivity contribution in [2.75, 3.05) is 0 Å². The van der Waals surface area contributed by atoms with Gasteiger partial charge in [-0.25, -0.2) is 0 Å².